The molecule has 0 spiro atoms. The second-order valence-electron chi connectivity index (χ2n) is 2.69. The lowest BCUT2D eigenvalue weighted by molar-refractivity contribution is 1.40. The van der Waals surface area contributed by atoms with E-state index in [1.54, 1.807) is 6.20 Å². The van der Waals surface area contributed by atoms with Crippen LogP contribution in [-0.4, -0.2) is 4.98 Å². The summed E-state index contributed by atoms with van der Waals surface area (Å²) in [5.41, 5.74) is 7.24. The van der Waals surface area contributed by atoms with Crippen LogP contribution in [0.3, 0.4) is 0 Å². The standard InChI is InChI=1S/C9H6Br2N2/c10-7-1-2-8(11)9-6(7)3-5(12)4-13-9/h1-4H,12H2. The normalized spacial score (nSPS) is 10.6. The van der Waals surface area contributed by atoms with Gasteiger partial charge in [0.25, 0.3) is 0 Å². The van der Waals surface area contributed by atoms with Crippen LogP contribution in [-0.2, 0) is 0 Å². The van der Waals surface area contributed by atoms with Gasteiger partial charge >= 0.3 is 0 Å². The van der Waals surface area contributed by atoms with Crippen molar-refractivity contribution in [1.82, 2.24) is 4.98 Å². The quantitative estimate of drug-likeness (QED) is 0.810. The van der Waals surface area contributed by atoms with Crippen LogP contribution >= 0.6 is 31.9 Å². The van der Waals surface area contributed by atoms with Crippen LogP contribution in [0.25, 0.3) is 10.9 Å². The molecule has 2 rings (SSSR count). The van der Waals surface area contributed by atoms with E-state index in [1.165, 1.54) is 0 Å². The molecule has 0 bridgehead atoms. The van der Waals surface area contributed by atoms with Gasteiger partial charge in [-0.2, -0.15) is 0 Å². The molecule has 4 heteroatoms. The Morgan fingerprint density at radius 2 is 1.85 bits per heavy atom. The van der Waals surface area contributed by atoms with Crippen LogP contribution < -0.4 is 5.73 Å². The fraction of sp³-hybridized carbons (Fsp3) is 0. The molecule has 1 aromatic heterocycles. The Morgan fingerprint density at radius 3 is 2.62 bits per heavy atom. The highest BCUT2D eigenvalue weighted by atomic mass is 79.9. The SMILES string of the molecule is Nc1cnc2c(Br)ccc(Br)c2c1. The molecule has 0 aliphatic rings. The number of hydrogen-bond acceptors (Lipinski definition) is 2. The van der Waals surface area contributed by atoms with Crippen molar-refractivity contribution in [3.63, 3.8) is 0 Å². The van der Waals surface area contributed by atoms with Crippen LogP contribution in [0.4, 0.5) is 5.69 Å². The van der Waals surface area contributed by atoms with Crippen LogP contribution in [0.5, 0.6) is 0 Å². The predicted molar refractivity (Wildman–Crippen MR) is 61.6 cm³/mol. The Labute approximate surface area is 92.4 Å². The molecule has 0 unspecified atom stereocenters. The van der Waals surface area contributed by atoms with E-state index in [2.05, 4.69) is 36.8 Å². The number of anilines is 1. The molecule has 1 heterocycles. The summed E-state index contributed by atoms with van der Waals surface area (Å²) in [4.78, 5) is 4.24. The number of nitrogen functional groups attached to an aromatic ring is 1. The maximum atomic E-state index is 5.64. The van der Waals surface area contributed by atoms with E-state index < -0.39 is 0 Å². The smallest absolute Gasteiger partial charge is 0.0856 e. The van der Waals surface area contributed by atoms with E-state index in [4.69, 9.17) is 5.73 Å². The summed E-state index contributed by atoms with van der Waals surface area (Å²) in [6.45, 7) is 0. The molecular weight excluding hydrogens is 296 g/mol. The van der Waals surface area contributed by atoms with Crippen LogP contribution in [0.2, 0.25) is 0 Å². The van der Waals surface area contributed by atoms with Gasteiger partial charge in [-0.1, -0.05) is 15.9 Å². The number of fused-ring (bicyclic) bond motifs is 1. The van der Waals surface area contributed by atoms with E-state index >= 15 is 0 Å². The number of rotatable bonds is 0. The highest BCUT2D eigenvalue weighted by Crippen LogP contribution is 2.29. The molecule has 0 atom stereocenters. The first kappa shape index (κ1) is 8.97. The minimum Gasteiger partial charge on any atom is -0.397 e. The molecule has 0 aliphatic heterocycles. The van der Waals surface area contributed by atoms with Crippen LogP contribution in [0.1, 0.15) is 0 Å². The second-order valence-corrected chi connectivity index (χ2v) is 4.40. The summed E-state index contributed by atoms with van der Waals surface area (Å²) in [6, 6.07) is 5.82. The van der Waals surface area contributed by atoms with Crippen molar-refractivity contribution in [2.24, 2.45) is 0 Å². The topological polar surface area (TPSA) is 38.9 Å². The van der Waals surface area contributed by atoms with Gasteiger partial charge in [-0.05, 0) is 34.1 Å². The zero-order valence-corrected chi connectivity index (χ0v) is 9.76. The van der Waals surface area contributed by atoms with E-state index in [9.17, 15) is 0 Å². The molecule has 0 fully saturated rings. The molecule has 2 nitrogen and oxygen atoms in total. The third kappa shape index (κ3) is 1.56. The number of hydrogen-bond donors (Lipinski definition) is 1. The van der Waals surface area contributed by atoms with Gasteiger partial charge in [0.15, 0.2) is 0 Å². The van der Waals surface area contributed by atoms with Gasteiger partial charge in [-0.15, -0.1) is 0 Å². The van der Waals surface area contributed by atoms with Crippen molar-refractivity contribution in [2.45, 2.75) is 0 Å². The third-order valence-corrected chi connectivity index (χ3v) is 3.10. The van der Waals surface area contributed by atoms with Gasteiger partial charge in [0.05, 0.1) is 17.4 Å². The highest BCUT2D eigenvalue weighted by molar-refractivity contribution is 9.11. The van der Waals surface area contributed by atoms with Crippen LogP contribution in [0.15, 0.2) is 33.3 Å². The zero-order valence-electron chi connectivity index (χ0n) is 6.59. The minimum absolute atomic E-state index is 0.673. The molecule has 66 valence electrons. The predicted octanol–water partition coefficient (Wildman–Crippen LogP) is 3.34. The lowest BCUT2D eigenvalue weighted by Gasteiger charge is -2.02. The Bertz CT molecular complexity index is 468. The van der Waals surface area contributed by atoms with Crippen molar-refractivity contribution < 1.29 is 0 Å². The number of pyridine rings is 1. The fourth-order valence-corrected chi connectivity index (χ4v) is 2.05. The maximum Gasteiger partial charge on any atom is 0.0856 e. The highest BCUT2D eigenvalue weighted by Gasteiger charge is 2.03. The summed E-state index contributed by atoms with van der Waals surface area (Å²) in [5, 5.41) is 1.02. The molecule has 13 heavy (non-hydrogen) atoms. The number of benzene rings is 1. The molecule has 0 aliphatic carbocycles. The van der Waals surface area contributed by atoms with Crippen molar-refractivity contribution >= 4 is 48.5 Å². The summed E-state index contributed by atoms with van der Waals surface area (Å²) in [6.07, 6.45) is 1.65. The zero-order chi connectivity index (χ0) is 9.42. The molecule has 2 aromatic rings. The van der Waals surface area contributed by atoms with Crippen molar-refractivity contribution in [2.75, 3.05) is 5.73 Å². The largest absolute Gasteiger partial charge is 0.397 e. The van der Waals surface area contributed by atoms with Gasteiger partial charge in [0.2, 0.25) is 0 Å². The fourth-order valence-electron chi connectivity index (χ4n) is 1.17. The summed E-state index contributed by atoms with van der Waals surface area (Å²) in [5.74, 6) is 0. The Morgan fingerprint density at radius 1 is 1.15 bits per heavy atom. The third-order valence-electron chi connectivity index (χ3n) is 1.77. The van der Waals surface area contributed by atoms with Crippen LogP contribution in [0, 0.1) is 0 Å². The molecule has 0 amide bonds. The summed E-state index contributed by atoms with van der Waals surface area (Å²) < 4.78 is 1.98. The monoisotopic (exact) mass is 300 g/mol. The van der Waals surface area contributed by atoms with E-state index in [1.807, 2.05) is 18.2 Å². The van der Waals surface area contributed by atoms with Gasteiger partial charge in [-0.3, -0.25) is 4.98 Å². The van der Waals surface area contributed by atoms with Crippen molar-refractivity contribution in [3.05, 3.63) is 33.3 Å². The molecule has 0 saturated heterocycles. The maximum absolute atomic E-state index is 5.64. The lowest BCUT2D eigenvalue weighted by atomic mass is 10.2. The average molecular weight is 302 g/mol. The van der Waals surface area contributed by atoms with E-state index in [-0.39, 0.29) is 0 Å². The average Bonchev–Trinajstić information content (AvgIpc) is 2.12. The van der Waals surface area contributed by atoms with Crippen molar-refractivity contribution in [3.8, 4) is 0 Å². The first-order chi connectivity index (χ1) is 6.18. The Balaban J connectivity index is 2.92. The number of nitrogens with zero attached hydrogens (tertiary/aromatic N) is 1. The lowest BCUT2D eigenvalue weighted by Crippen LogP contribution is -1.88. The Hall–Kier alpha value is -0.610. The minimum atomic E-state index is 0.673. The first-order valence-corrected chi connectivity index (χ1v) is 5.26. The van der Waals surface area contributed by atoms with Crippen molar-refractivity contribution in [1.29, 1.82) is 0 Å². The van der Waals surface area contributed by atoms with Gasteiger partial charge in [0.1, 0.15) is 0 Å². The molecular formula is C9H6Br2N2. The van der Waals surface area contributed by atoms with Gasteiger partial charge < -0.3 is 5.73 Å². The van der Waals surface area contributed by atoms with Gasteiger partial charge in [0, 0.05) is 14.3 Å². The van der Waals surface area contributed by atoms with E-state index in [0.29, 0.717) is 5.69 Å². The molecule has 0 radical (unpaired) electrons. The summed E-state index contributed by atoms with van der Waals surface area (Å²) >= 11 is 6.88. The summed E-state index contributed by atoms with van der Waals surface area (Å²) in [7, 11) is 0. The Kier molecular flexibility index (Phi) is 2.26. The number of nitrogens with two attached hydrogens (primary N) is 1. The second kappa shape index (κ2) is 3.27. The number of halogens is 2. The van der Waals surface area contributed by atoms with E-state index in [0.717, 1.165) is 19.8 Å². The number of aromatic nitrogens is 1. The van der Waals surface area contributed by atoms with Gasteiger partial charge in [-0.25, -0.2) is 0 Å². The molecule has 0 saturated carbocycles. The first-order valence-electron chi connectivity index (χ1n) is 3.68. The molecule has 1 aromatic carbocycles. The molecule has 2 N–H and O–H groups in total.